The topological polar surface area (TPSA) is 245 Å². The Morgan fingerprint density at radius 3 is 2.32 bits per heavy atom. The molecule has 1 aromatic carbocycles. The van der Waals surface area contributed by atoms with Crippen LogP contribution in [0.1, 0.15) is 81.3 Å². The first-order valence-electron chi connectivity index (χ1n) is 20.2. The van der Waals surface area contributed by atoms with Crippen molar-refractivity contribution in [2.75, 3.05) is 6.54 Å². The van der Waals surface area contributed by atoms with E-state index in [0.717, 1.165) is 5.56 Å². The number of carbonyl (C=O) groups is 7. The molecule has 0 radical (unpaired) electrons. The lowest BCUT2D eigenvalue weighted by Gasteiger charge is -2.31. The van der Waals surface area contributed by atoms with Gasteiger partial charge in [-0.2, -0.15) is 5.10 Å². The molecule has 316 valence electrons. The van der Waals surface area contributed by atoms with Gasteiger partial charge in [-0.1, -0.05) is 50.6 Å². The number of hydrogen-bond acceptors (Lipinski definition) is 10. The number of hydrogen-bond donors (Lipinski definition) is 7. The number of benzene rings is 1. The first-order chi connectivity index (χ1) is 28.1. The average molecular weight is 815 g/mol. The second-order valence-electron chi connectivity index (χ2n) is 16.4. The lowest BCUT2D eigenvalue weighted by atomic mass is 9.98. The zero-order valence-corrected chi connectivity index (χ0v) is 33.9. The number of carbonyl (C=O) groups excluding carboxylic acids is 7. The molecule has 2 saturated heterocycles. The summed E-state index contributed by atoms with van der Waals surface area (Å²) < 4.78 is 1.48. The standard InChI is InChI=1S/C41H54N10O8/c1-21(2)14-30-38(56)49-33(24(5)52)40(58)48-31(15-25-10-7-6-8-11-25)41(59)50-20-26(45-37(55)28-18-43-51-19-22(3)17-42-34(28)51)16-32(50)39(57)44-23(4)35(53)46-29-13-9-12-27(29)36(54)47-30/h6-8,10-11,17-19,21,23-24,26-27,29-33,52H,9,12-16,20H2,1-5H3,(H,44,57)(H,45,55)(H,46,53)(H,47,54)(H,48,58)(H,49,56)/t23-,24+,26+,27+,29+,30-,31-,32?,33-/m0/s1. The largest absolute Gasteiger partial charge is 0.391 e. The summed E-state index contributed by atoms with van der Waals surface area (Å²) in [6.45, 7) is 8.28. The van der Waals surface area contributed by atoms with Crippen LogP contribution < -0.4 is 31.9 Å². The molecule has 7 N–H and O–H groups in total. The van der Waals surface area contributed by atoms with Gasteiger partial charge in [0.25, 0.3) is 5.91 Å². The van der Waals surface area contributed by atoms with Crippen molar-refractivity contribution in [3.63, 3.8) is 0 Å². The van der Waals surface area contributed by atoms with Crippen LogP contribution in [0.3, 0.4) is 0 Å². The normalized spacial score (nSPS) is 27.9. The highest BCUT2D eigenvalue weighted by Gasteiger charge is 2.45. The molecular weight excluding hydrogens is 761 g/mol. The maximum absolute atomic E-state index is 14.8. The third-order valence-corrected chi connectivity index (χ3v) is 11.2. The summed E-state index contributed by atoms with van der Waals surface area (Å²) in [5.74, 6) is -5.13. The van der Waals surface area contributed by atoms with E-state index in [1.165, 1.54) is 29.5 Å². The molecule has 3 aromatic rings. The van der Waals surface area contributed by atoms with Crippen molar-refractivity contribution in [2.45, 2.75) is 122 Å². The Balaban J connectivity index is 1.34. The van der Waals surface area contributed by atoms with Crippen molar-refractivity contribution in [1.82, 2.24) is 51.4 Å². The van der Waals surface area contributed by atoms with Gasteiger partial charge in [0, 0.05) is 37.4 Å². The van der Waals surface area contributed by atoms with Gasteiger partial charge in [0.15, 0.2) is 5.65 Å². The molecule has 0 bridgehead atoms. The summed E-state index contributed by atoms with van der Waals surface area (Å²) in [5.41, 5.74) is 2.00. The third kappa shape index (κ3) is 10.0. The van der Waals surface area contributed by atoms with Crippen LogP contribution >= 0.6 is 0 Å². The summed E-state index contributed by atoms with van der Waals surface area (Å²) in [5, 5.41) is 31.8. The van der Waals surface area contributed by atoms with Crippen LogP contribution in [0.25, 0.3) is 5.65 Å². The molecule has 1 unspecified atom stereocenters. The Bertz CT molecular complexity index is 2070. The third-order valence-electron chi connectivity index (χ3n) is 11.2. The van der Waals surface area contributed by atoms with Gasteiger partial charge >= 0.3 is 0 Å². The van der Waals surface area contributed by atoms with Gasteiger partial charge in [0.1, 0.15) is 35.8 Å². The van der Waals surface area contributed by atoms with Crippen LogP contribution in [-0.4, -0.2) is 121 Å². The molecule has 18 heteroatoms. The summed E-state index contributed by atoms with van der Waals surface area (Å²) in [7, 11) is 0. The number of nitrogens with one attached hydrogen (secondary N) is 6. The van der Waals surface area contributed by atoms with Crippen LogP contribution in [-0.2, 0) is 35.2 Å². The van der Waals surface area contributed by atoms with Gasteiger partial charge in [-0.3, -0.25) is 33.6 Å². The van der Waals surface area contributed by atoms with Gasteiger partial charge in [-0.15, -0.1) is 0 Å². The second-order valence-corrected chi connectivity index (χ2v) is 16.4. The highest BCUT2D eigenvalue weighted by molar-refractivity contribution is 6.01. The van der Waals surface area contributed by atoms with Crippen molar-refractivity contribution in [2.24, 2.45) is 11.8 Å². The maximum atomic E-state index is 14.8. The van der Waals surface area contributed by atoms with Crippen molar-refractivity contribution < 1.29 is 38.7 Å². The summed E-state index contributed by atoms with van der Waals surface area (Å²) in [4.78, 5) is 103. The van der Waals surface area contributed by atoms with Gasteiger partial charge in [-0.05, 0) is 63.5 Å². The maximum Gasteiger partial charge on any atom is 0.257 e. The van der Waals surface area contributed by atoms with E-state index >= 15 is 0 Å². The van der Waals surface area contributed by atoms with Crippen LogP contribution in [0.2, 0.25) is 0 Å². The Labute approximate surface area is 342 Å². The lowest BCUT2D eigenvalue weighted by molar-refractivity contribution is -0.143. The van der Waals surface area contributed by atoms with Gasteiger partial charge in [-0.25, -0.2) is 9.50 Å². The van der Waals surface area contributed by atoms with E-state index in [1.54, 1.807) is 42.7 Å². The molecule has 0 spiro atoms. The zero-order chi connectivity index (χ0) is 42.5. The molecule has 2 aromatic heterocycles. The van der Waals surface area contributed by atoms with Crippen LogP contribution in [0.15, 0.2) is 48.9 Å². The van der Waals surface area contributed by atoms with E-state index in [9.17, 15) is 38.7 Å². The van der Waals surface area contributed by atoms with E-state index in [1.807, 2.05) is 20.8 Å². The van der Waals surface area contributed by atoms with Gasteiger partial charge in [0.2, 0.25) is 35.4 Å². The number of aryl methyl sites for hydroxylation is 1. The number of aliphatic hydroxyl groups is 1. The molecule has 59 heavy (non-hydrogen) atoms. The van der Waals surface area contributed by atoms with Crippen molar-refractivity contribution in [3.8, 4) is 0 Å². The number of aliphatic hydroxyl groups excluding tert-OH is 1. The Morgan fingerprint density at radius 1 is 0.881 bits per heavy atom. The molecule has 1 aliphatic carbocycles. The van der Waals surface area contributed by atoms with Crippen molar-refractivity contribution in [1.29, 1.82) is 0 Å². The fourth-order valence-corrected chi connectivity index (χ4v) is 8.11. The van der Waals surface area contributed by atoms with Crippen molar-refractivity contribution in [3.05, 3.63) is 65.6 Å². The Morgan fingerprint density at radius 2 is 1.61 bits per heavy atom. The predicted octanol–water partition coefficient (Wildman–Crippen LogP) is -0.336. The number of rotatable bonds is 7. The van der Waals surface area contributed by atoms with Crippen LogP contribution in [0, 0.1) is 18.8 Å². The molecule has 2 aliphatic heterocycles. The smallest absolute Gasteiger partial charge is 0.257 e. The molecule has 1 saturated carbocycles. The summed E-state index contributed by atoms with van der Waals surface area (Å²) in [6, 6.07) is 1.32. The van der Waals surface area contributed by atoms with E-state index in [-0.39, 0.29) is 37.3 Å². The summed E-state index contributed by atoms with van der Waals surface area (Å²) >= 11 is 0. The molecule has 6 rings (SSSR count). The lowest BCUT2D eigenvalue weighted by Crippen LogP contribution is -2.61. The quantitative estimate of drug-likeness (QED) is 0.164. The summed E-state index contributed by atoms with van der Waals surface area (Å²) in [6.07, 6.45) is 5.01. The SMILES string of the molecule is Cc1cnc2c(C(=O)N[C@@H]3CC4C(=O)N[C@@H](C)C(=O)N[C@@H]5CCC[C@H]5C(=O)N[C@@H](CC(C)C)C(=O)N[C@@H]([C@@H](C)O)C(=O)N[C@@H](Cc5ccccc5)C(=O)N4C3)cnn2c1. The highest BCUT2D eigenvalue weighted by Crippen LogP contribution is 2.27. The Hall–Kier alpha value is -5.91. The molecule has 3 aliphatic rings. The molecule has 4 heterocycles. The minimum absolute atomic E-state index is 0.0329. The second kappa shape index (κ2) is 18.3. The van der Waals surface area contributed by atoms with Gasteiger partial charge < -0.3 is 41.9 Å². The fraction of sp³-hybridized carbons (Fsp3) is 0.537. The first kappa shape index (κ1) is 42.7. The molecule has 3 fully saturated rings. The van der Waals surface area contributed by atoms with Crippen LogP contribution in [0.5, 0.6) is 0 Å². The zero-order valence-electron chi connectivity index (χ0n) is 33.9. The molecule has 9 atom stereocenters. The Kier molecular flexibility index (Phi) is 13.3. The molecular formula is C41H54N10O8. The predicted molar refractivity (Wildman–Crippen MR) is 213 cm³/mol. The molecule has 7 amide bonds. The monoisotopic (exact) mass is 814 g/mol. The number of amides is 7. The van der Waals surface area contributed by atoms with E-state index < -0.39 is 95.7 Å². The number of fused-ring (bicyclic) bond motifs is 3. The van der Waals surface area contributed by atoms with E-state index in [4.69, 9.17) is 0 Å². The molecule has 18 nitrogen and oxygen atoms in total. The fourth-order valence-electron chi connectivity index (χ4n) is 8.11. The van der Waals surface area contributed by atoms with Crippen LogP contribution in [0.4, 0.5) is 0 Å². The minimum Gasteiger partial charge on any atom is -0.391 e. The van der Waals surface area contributed by atoms with E-state index in [2.05, 4.69) is 42.0 Å². The van der Waals surface area contributed by atoms with E-state index in [0.29, 0.717) is 30.5 Å². The van der Waals surface area contributed by atoms with Gasteiger partial charge in [0.05, 0.1) is 18.2 Å². The highest BCUT2D eigenvalue weighted by atomic mass is 16.3. The number of aromatic nitrogens is 3. The minimum atomic E-state index is -1.53. The number of nitrogens with zero attached hydrogens (tertiary/aromatic N) is 4. The first-order valence-corrected chi connectivity index (χ1v) is 20.2. The van der Waals surface area contributed by atoms with Crippen molar-refractivity contribution >= 4 is 47.0 Å². The average Bonchev–Trinajstić information content (AvgIpc) is 3.94.